The third-order valence-corrected chi connectivity index (χ3v) is 6.37. The van der Waals surface area contributed by atoms with Gasteiger partial charge in [0.2, 0.25) is 0 Å². The first-order valence-electron chi connectivity index (χ1n) is 15.1. The molecule has 4 aromatic heterocycles. The number of nitrogen functional groups attached to an aromatic ring is 1. The predicted octanol–water partition coefficient (Wildman–Crippen LogP) is 2.03. The maximum atomic E-state index is 12.5. The molecule has 278 valence electrons. The Labute approximate surface area is 322 Å². The summed E-state index contributed by atoms with van der Waals surface area (Å²) in [6.07, 6.45) is 7.98. The van der Waals surface area contributed by atoms with E-state index in [0.717, 1.165) is 31.5 Å². The molecule has 0 unspecified atom stereocenters. The molecule has 20 heteroatoms. The maximum absolute atomic E-state index is 12.5. The van der Waals surface area contributed by atoms with Gasteiger partial charge in [-0.05, 0) is 25.7 Å². The molecule has 0 aliphatic carbocycles. The topological polar surface area (TPSA) is 258 Å². The zero-order valence-electron chi connectivity index (χ0n) is 30.6. The molecule has 0 aliphatic heterocycles. The van der Waals surface area contributed by atoms with Crippen molar-refractivity contribution in [2.75, 3.05) is 34.2 Å². The molecule has 0 spiro atoms. The number of aromatic nitrogens is 4. The van der Waals surface area contributed by atoms with Crippen molar-refractivity contribution in [1.29, 1.82) is 0 Å². The van der Waals surface area contributed by atoms with Crippen LogP contribution in [0.1, 0.15) is 50.5 Å². The van der Waals surface area contributed by atoms with Crippen LogP contribution in [0.4, 0.5) is 27.1 Å². The van der Waals surface area contributed by atoms with Crippen LogP contribution in [0.15, 0.2) is 49.1 Å². The van der Waals surface area contributed by atoms with E-state index < -0.39 is 20.6 Å². The van der Waals surface area contributed by atoms with Crippen molar-refractivity contribution in [3.05, 3.63) is 108 Å². The Hall–Kier alpha value is -5.11. The molecule has 0 atom stereocenters. The SMILES string of the molecule is CCc1ncc(F)cc1[N+](=O)[O-].CCc1ncc(OC)cc1N.CCc1ncc(OC)cc1[N+](=O)[O-].CCc1ncc(OC)cc1[N+](=O)[O-].C[O-].[Na+]. The van der Waals surface area contributed by atoms with Gasteiger partial charge in [-0.25, -0.2) is 4.39 Å². The van der Waals surface area contributed by atoms with E-state index in [1.165, 1.54) is 38.7 Å². The molecule has 0 bridgehead atoms. The van der Waals surface area contributed by atoms with Crippen LogP contribution in [0.2, 0.25) is 0 Å². The largest absolute Gasteiger partial charge is 1.00 e. The number of nitro groups is 3. The normalized spacial score (nSPS) is 9.27. The first-order chi connectivity index (χ1) is 24.3. The van der Waals surface area contributed by atoms with Crippen molar-refractivity contribution in [1.82, 2.24) is 19.9 Å². The second kappa shape index (κ2) is 26.7. The standard InChI is InChI=1S/2C8H10N2O3.C8H12N2O.C7H7FN2O2.CH3O.Na/c2*1-3-7-8(10(11)12)4-6(13-2)5-9-7;1-3-8-7(9)4-6(11-2)5-10-8;1-2-6-7(10(11)12)3-5(8)4-9-6;1-2;/h2*4-5H,3H2,1-2H3;4-5H,3,9H2,1-2H3;3-4H,2H2,1H3;1H3;/q;;;;-1;+1. The van der Waals surface area contributed by atoms with Gasteiger partial charge in [0.15, 0.2) is 0 Å². The third-order valence-electron chi connectivity index (χ3n) is 6.37. The number of nitrogens with zero attached hydrogens (tertiary/aromatic N) is 7. The van der Waals surface area contributed by atoms with Gasteiger partial charge in [-0.2, -0.15) is 7.11 Å². The van der Waals surface area contributed by atoms with E-state index >= 15 is 0 Å². The second-order valence-electron chi connectivity index (χ2n) is 9.40. The Morgan fingerprint density at radius 1 is 0.577 bits per heavy atom. The summed E-state index contributed by atoms with van der Waals surface area (Å²) in [4.78, 5) is 45.5. The van der Waals surface area contributed by atoms with Crippen molar-refractivity contribution in [3.63, 3.8) is 0 Å². The fourth-order valence-corrected chi connectivity index (χ4v) is 3.79. The molecule has 2 N–H and O–H groups in total. The first-order valence-corrected chi connectivity index (χ1v) is 15.1. The van der Waals surface area contributed by atoms with E-state index in [2.05, 4.69) is 19.9 Å². The van der Waals surface area contributed by atoms with Crippen LogP contribution in [0.25, 0.3) is 0 Å². The molecule has 0 saturated carbocycles. The summed E-state index contributed by atoms with van der Waals surface area (Å²) in [5, 5.41) is 39.7. The number of rotatable bonds is 10. The zero-order valence-corrected chi connectivity index (χ0v) is 32.6. The molecule has 0 aliphatic rings. The third kappa shape index (κ3) is 16.3. The average Bonchev–Trinajstić information content (AvgIpc) is 3.15. The Morgan fingerprint density at radius 2 is 0.865 bits per heavy atom. The molecule has 0 radical (unpaired) electrons. The predicted molar refractivity (Wildman–Crippen MR) is 184 cm³/mol. The number of nitrogens with two attached hydrogens (primary N) is 1. The van der Waals surface area contributed by atoms with E-state index in [9.17, 15) is 34.7 Å². The van der Waals surface area contributed by atoms with Gasteiger partial charge in [0.05, 0.1) is 90.5 Å². The van der Waals surface area contributed by atoms with Gasteiger partial charge < -0.3 is 25.1 Å². The molecule has 18 nitrogen and oxygen atoms in total. The molecule has 52 heavy (non-hydrogen) atoms. The zero-order chi connectivity index (χ0) is 39.1. The summed E-state index contributed by atoms with van der Waals surface area (Å²) in [5.41, 5.74) is 8.33. The Balaban J connectivity index is 0. The molecule has 0 aromatic carbocycles. The quantitative estimate of drug-likeness (QED) is 0.139. The Bertz CT molecular complexity index is 1650. The molecular weight excluding hydrogens is 698 g/mol. The molecule has 0 saturated heterocycles. The number of hydrogen-bond donors (Lipinski definition) is 1. The van der Waals surface area contributed by atoms with Gasteiger partial charge in [-0.3, -0.25) is 50.3 Å². The second-order valence-corrected chi connectivity index (χ2v) is 9.40. The van der Waals surface area contributed by atoms with E-state index in [-0.39, 0.29) is 46.6 Å². The summed E-state index contributed by atoms with van der Waals surface area (Å²) in [6, 6.07) is 5.43. The van der Waals surface area contributed by atoms with Gasteiger partial charge in [0, 0.05) is 6.07 Å². The Morgan fingerprint density at radius 3 is 1.15 bits per heavy atom. The summed E-state index contributed by atoms with van der Waals surface area (Å²) in [7, 11) is 5.25. The summed E-state index contributed by atoms with van der Waals surface area (Å²) < 4.78 is 27.1. The molecule has 0 fully saturated rings. The number of methoxy groups -OCH3 is 3. The average molecular weight is 741 g/mol. The minimum atomic E-state index is -0.682. The number of ether oxygens (including phenoxy) is 3. The van der Waals surface area contributed by atoms with Crippen LogP contribution in [-0.2, 0) is 25.7 Å². The number of anilines is 1. The molecular formula is C32H42FN8NaO10. The van der Waals surface area contributed by atoms with Gasteiger partial charge in [0.25, 0.3) is 17.1 Å². The monoisotopic (exact) mass is 740 g/mol. The molecule has 4 rings (SSSR count). The van der Waals surface area contributed by atoms with E-state index in [0.29, 0.717) is 59.3 Å². The minimum Gasteiger partial charge on any atom is -0.857 e. The fourth-order valence-electron chi connectivity index (χ4n) is 3.79. The van der Waals surface area contributed by atoms with E-state index in [1.807, 2.05) is 20.8 Å². The van der Waals surface area contributed by atoms with Crippen LogP contribution in [0, 0.1) is 36.2 Å². The fraction of sp³-hybridized carbons (Fsp3) is 0.375. The molecule has 0 amide bonds. The Kier molecular flexibility index (Phi) is 25.1. The van der Waals surface area contributed by atoms with Crippen molar-refractivity contribution in [2.45, 2.75) is 53.4 Å². The number of halogens is 1. The smallest absolute Gasteiger partial charge is 0.857 e. The first kappa shape index (κ1) is 49.0. The van der Waals surface area contributed by atoms with E-state index in [4.69, 9.17) is 25.1 Å². The van der Waals surface area contributed by atoms with Crippen LogP contribution in [0.5, 0.6) is 17.2 Å². The van der Waals surface area contributed by atoms with Crippen LogP contribution in [0.3, 0.4) is 0 Å². The molecule has 4 heterocycles. The molecule has 4 aromatic rings. The van der Waals surface area contributed by atoms with Crippen LogP contribution >= 0.6 is 0 Å². The summed E-state index contributed by atoms with van der Waals surface area (Å²) in [6.45, 7) is 7.39. The van der Waals surface area contributed by atoms with Crippen molar-refractivity contribution < 1.29 is 68.0 Å². The maximum Gasteiger partial charge on any atom is 1.00 e. The van der Waals surface area contributed by atoms with Crippen LogP contribution in [-0.4, -0.2) is 63.1 Å². The van der Waals surface area contributed by atoms with Crippen LogP contribution < -0.4 is 54.6 Å². The number of aryl methyl sites for hydroxylation is 4. The summed E-state index contributed by atoms with van der Waals surface area (Å²) >= 11 is 0. The van der Waals surface area contributed by atoms with Gasteiger partial charge in [0.1, 0.15) is 40.1 Å². The van der Waals surface area contributed by atoms with Crippen molar-refractivity contribution in [2.24, 2.45) is 0 Å². The summed E-state index contributed by atoms with van der Waals surface area (Å²) in [5.74, 6) is 0.839. The minimum absolute atomic E-state index is 0. The van der Waals surface area contributed by atoms with Gasteiger partial charge >= 0.3 is 29.6 Å². The van der Waals surface area contributed by atoms with Crippen molar-refractivity contribution in [3.8, 4) is 17.2 Å². The number of hydrogen-bond acceptors (Lipinski definition) is 15. The number of pyridine rings is 4. The van der Waals surface area contributed by atoms with Gasteiger partial charge in [-0.15, -0.1) is 0 Å². The van der Waals surface area contributed by atoms with E-state index in [1.54, 1.807) is 26.3 Å². The van der Waals surface area contributed by atoms with Gasteiger partial charge in [-0.1, -0.05) is 27.7 Å². The van der Waals surface area contributed by atoms with Crippen molar-refractivity contribution >= 4 is 22.7 Å².